The molecule has 4 nitrogen and oxygen atoms in total. The molecule has 0 N–H and O–H groups in total. The first-order chi connectivity index (χ1) is 11.1. The fourth-order valence-corrected chi connectivity index (χ4v) is 3.13. The first-order valence-electron chi connectivity index (χ1n) is 7.97. The Kier molecular flexibility index (Phi) is 4.76. The van der Waals surface area contributed by atoms with Crippen LogP contribution in [0.3, 0.4) is 0 Å². The van der Waals surface area contributed by atoms with Gasteiger partial charge in [-0.3, -0.25) is 4.79 Å². The number of benzene rings is 1. The van der Waals surface area contributed by atoms with E-state index < -0.39 is 0 Å². The van der Waals surface area contributed by atoms with Gasteiger partial charge in [-0.15, -0.1) is 11.8 Å². The molecule has 0 saturated heterocycles. The van der Waals surface area contributed by atoms with Crippen molar-refractivity contribution in [2.24, 2.45) is 0 Å². The normalized spacial score (nSPS) is 14.3. The summed E-state index contributed by atoms with van der Waals surface area (Å²) in [7, 11) is 0. The van der Waals surface area contributed by atoms with Crippen molar-refractivity contribution < 1.29 is 9.21 Å². The largest absolute Gasteiger partial charge is 0.447 e. The van der Waals surface area contributed by atoms with Gasteiger partial charge in [0.25, 0.3) is 5.91 Å². The smallest absolute Gasteiger partial charge is 0.276 e. The monoisotopic (exact) mass is 330 g/mol. The van der Waals surface area contributed by atoms with Crippen LogP contribution in [-0.2, 0) is 6.54 Å². The molecule has 1 aromatic carbocycles. The highest BCUT2D eigenvalue weighted by atomic mass is 32.2. The second-order valence-electron chi connectivity index (χ2n) is 6.22. The van der Waals surface area contributed by atoms with Crippen LogP contribution in [0.1, 0.15) is 54.4 Å². The van der Waals surface area contributed by atoms with Crippen molar-refractivity contribution >= 4 is 17.7 Å². The average Bonchev–Trinajstić information content (AvgIpc) is 3.28. The molecule has 0 atom stereocenters. The van der Waals surface area contributed by atoms with Gasteiger partial charge in [-0.1, -0.05) is 12.1 Å². The Morgan fingerprint density at radius 1 is 1.43 bits per heavy atom. The molecule has 1 saturated carbocycles. The van der Waals surface area contributed by atoms with Crippen molar-refractivity contribution in [2.45, 2.75) is 50.1 Å². The Morgan fingerprint density at radius 3 is 2.87 bits per heavy atom. The van der Waals surface area contributed by atoms with Crippen LogP contribution in [0.2, 0.25) is 0 Å². The number of hydrogen-bond donors (Lipinski definition) is 0. The molecule has 122 valence electrons. The van der Waals surface area contributed by atoms with Gasteiger partial charge in [-0.2, -0.15) is 0 Å². The molecule has 1 aliphatic rings. The SMILES string of the molecule is CSc1cccc(CN(C(=O)c2ncoc2C2CC2)C(C)C)c1. The van der Waals surface area contributed by atoms with Crippen LogP contribution in [0.15, 0.2) is 40.0 Å². The maximum atomic E-state index is 13.0. The molecule has 1 aromatic heterocycles. The molecule has 23 heavy (non-hydrogen) atoms. The molecule has 0 spiro atoms. The molecule has 0 radical (unpaired) electrons. The zero-order chi connectivity index (χ0) is 16.4. The number of amides is 1. The third-order valence-electron chi connectivity index (χ3n) is 4.12. The van der Waals surface area contributed by atoms with Crippen molar-refractivity contribution in [2.75, 3.05) is 6.26 Å². The number of hydrogen-bond acceptors (Lipinski definition) is 4. The van der Waals surface area contributed by atoms with Crippen LogP contribution in [0.5, 0.6) is 0 Å². The zero-order valence-corrected chi connectivity index (χ0v) is 14.6. The second kappa shape index (κ2) is 6.79. The number of nitrogens with zero attached hydrogens (tertiary/aromatic N) is 2. The first-order valence-corrected chi connectivity index (χ1v) is 9.20. The number of carbonyl (C=O) groups excluding carboxylic acids is 1. The van der Waals surface area contributed by atoms with Crippen LogP contribution in [0.4, 0.5) is 0 Å². The van der Waals surface area contributed by atoms with Gasteiger partial charge < -0.3 is 9.32 Å². The van der Waals surface area contributed by atoms with Gasteiger partial charge in [0.1, 0.15) is 5.76 Å². The number of rotatable bonds is 6. The second-order valence-corrected chi connectivity index (χ2v) is 7.10. The Labute approximate surface area is 141 Å². The highest BCUT2D eigenvalue weighted by Gasteiger charge is 2.34. The van der Waals surface area contributed by atoms with Crippen molar-refractivity contribution in [3.8, 4) is 0 Å². The lowest BCUT2D eigenvalue weighted by Gasteiger charge is -2.26. The highest BCUT2D eigenvalue weighted by molar-refractivity contribution is 7.98. The van der Waals surface area contributed by atoms with E-state index in [4.69, 9.17) is 4.42 Å². The highest BCUT2D eigenvalue weighted by Crippen LogP contribution is 2.41. The summed E-state index contributed by atoms with van der Waals surface area (Å²) in [5.41, 5.74) is 1.62. The Balaban J connectivity index is 1.83. The molecule has 5 heteroatoms. The van der Waals surface area contributed by atoms with Gasteiger partial charge in [0, 0.05) is 23.4 Å². The molecule has 3 rings (SSSR count). The van der Waals surface area contributed by atoms with Gasteiger partial charge in [0.15, 0.2) is 12.1 Å². The molecular weight excluding hydrogens is 308 g/mol. The van der Waals surface area contributed by atoms with Crippen molar-refractivity contribution in [1.82, 2.24) is 9.88 Å². The van der Waals surface area contributed by atoms with Crippen molar-refractivity contribution in [3.05, 3.63) is 47.7 Å². The maximum Gasteiger partial charge on any atom is 0.276 e. The van der Waals surface area contributed by atoms with Crippen molar-refractivity contribution in [1.29, 1.82) is 0 Å². The predicted octanol–water partition coefficient (Wildman–Crippen LogP) is 4.32. The number of oxazole rings is 1. The average molecular weight is 330 g/mol. The molecule has 0 bridgehead atoms. The molecule has 0 unspecified atom stereocenters. The number of thioether (sulfide) groups is 1. The van der Waals surface area contributed by atoms with Crippen LogP contribution in [-0.4, -0.2) is 28.1 Å². The molecule has 1 fully saturated rings. The molecule has 1 aliphatic carbocycles. The summed E-state index contributed by atoms with van der Waals surface area (Å²) in [6.07, 6.45) is 5.63. The van der Waals surface area contributed by atoms with Crippen LogP contribution >= 0.6 is 11.8 Å². The minimum Gasteiger partial charge on any atom is -0.447 e. The zero-order valence-electron chi connectivity index (χ0n) is 13.8. The van der Waals surface area contributed by atoms with E-state index in [1.165, 1.54) is 11.3 Å². The van der Waals surface area contributed by atoms with Gasteiger partial charge in [-0.05, 0) is 50.6 Å². The lowest BCUT2D eigenvalue weighted by atomic mass is 10.1. The van der Waals surface area contributed by atoms with E-state index in [1.54, 1.807) is 11.8 Å². The Bertz CT molecular complexity index is 692. The standard InChI is InChI=1S/C18H22N2O2S/c1-12(2)20(10-13-5-4-6-15(9-13)23-3)18(21)16-17(14-7-8-14)22-11-19-16/h4-6,9,11-12,14H,7-8,10H2,1-3H3. The van der Waals surface area contributed by atoms with Crippen LogP contribution in [0, 0.1) is 0 Å². The van der Waals surface area contributed by atoms with Crippen LogP contribution < -0.4 is 0 Å². The number of aromatic nitrogens is 1. The van der Waals surface area contributed by atoms with Gasteiger partial charge in [-0.25, -0.2) is 4.98 Å². The molecule has 1 heterocycles. The van der Waals surface area contributed by atoms with E-state index in [-0.39, 0.29) is 11.9 Å². The fraction of sp³-hybridized carbons (Fsp3) is 0.444. The first kappa shape index (κ1) is 16.1. The minimum absolute atomic E-state index is 0.0368. The summed E-state index contributed by atoms with van der Waals surface area (Å²) >= 11 is 1.71. The van der Waals surface area contributed by atoms with E-state index in [2.05, 4.69) is 29.4 Å². The summed E-state index contributed by atoms with van der Waals surface area (Å²) in [6, 6.07) is 8.42. The summed E-state index contributed by atoms with van der Waals surface area (Å²) in [5, 5.41) is 0. The maximum absolute atomic E-state index is 13.0. The van der Waals surface area contributed by atoms with Crippen LogP contribution in [0.25, 0.3) is 0 Å². The third kappa shape index (κ3) is 3.61. The molecule has 2 aromatic rings. The lowest BCUT2D eigenvalue weighted by molar-refractivity contribution is 0.0682. The van der Waals surface area contributed by atoms with E-state index in [9.17, 15) is 4.79 Å². The Hall–Kier alpha value is -1.75. The van der Waals surface area contributed by atoms with Gasteiger partial charge in [0.05, 0.1) is 0 Å². The third-order valence-corrected chi connectivity index (χ3v) is 4.84. The van der Waals surface area contributed by atoms with Crippen molar-refractivity contribution in [3.63, 3.8) is 0 Å². The summed E-state index contributed by atoms with van der Waals surface area (Å²) in [4.78, 5) is 20.2. The van der Waals surface area contributed by atoms with E-state index in [0.717, 1.165) is 24.2 Å². The molecule has 0 aliphatic heterocycles. The van der Waals surface area contributed by atoms with E-state index in [1.807, 2.05) is 24.8 Å². The molecule has 1 amide bonds. The number of carbonyl (C=O) groups is 1. The van der Waals surface area contributed by atoms with E-state index >= 15 is 0 Å². The van der Waals surface area contributed by atoms with Gasteiger partial charge in [0.2, 0.25) is 0 Å². The summed E-state index contributed by atoms with van der Waals surface area (Å²) < 4.78 is 5.46. The fourth-order valence-electron chi connectivity index (χ4n) is 2.64. The van der Waals surface area contributed by atoms with E-state index in [0.29, 0.717) is 18.2 Å². The van der Waals surface area contributed by atoms with Gasteiger partial charge >= 0.3 is 0 Å². The quantitative estimate of drug-likeness (QED) is 0.740. The lowest BCUT2D eigenvalue weighted by Crippen LogP contribution is -2.37. The predicted molar refractivity (Wildman–Crippen MR) is 91.7 cm³/mol. The topological polar surface area (TPSA) is 46.3 Å². The summed E-state index contributed by atoms with van der Waals surface area (Å²) in [5.74, 6) is 1.11. The minimum atomic E-state index is -0.0368. The summed E-state index contributed by atoms with van der Waals surface area (Å²) in [6.45, 7) is 4.66. The molecular formula is C18H22N2O2S. The Morgan fingerprint density at radius 2 is 2.22 bits per heavy atom.